The van der Waals surface area contributed by atoms with Gasteiger partial charge < -0.3 is 10.6 Å². The van der Waals surface area contributed by atoms with Gasteiger partial charge in [0.2, 0.25) is 0 Å². The van der Waals surface area contributed by atoms with Gasteiger partial charge in [-0.2, -0.15) is 0 Å². The Morgan fingerprint density at radius 2 is 1.63 bits per heavy atom. The van der Waals surface area contributed by atoms with Crippen molar-refractivity contribution in [1.29, 1.82) is 0 Å². The average Bonchev–Trinajstić information content (AvgIpc) is 2.40. The lowest BCUT2D eigenvalue weighted by atomic mass is 10.1. The van der Waals surface area contributed by atoms with E-state index < -0.39 is 0 Å². The van der Waals surface area contributed by atoms with Gasteiger partial charge in [0.25, 0.3) is 0 Å². The van der Waals surface area contributed by atoms with Crippen LogP contribution >= 0.6 is 0 Å². The highest BCUT2D eigenvalue weighted by atomic mass is 19.1. The summed E-state index contributed by atoms with van der Waals surface area (Å²) in [5, 5.41) is 0. The first-order valence-corrected chi connectivity index (χ1v) is 6.35. The molecule has 0 amide bonds. The lowest BCUT2D eigenvalue weighted by molar-refractivity contribution is 0.627. The molecule has 0 bridgehead atoms. The fourth-order valence-electron chi connectivity index (χ4n) is 2.02. The molecule has 3 heteroatoms. The molecule has 2 nitrogen and oxygen atoms in total. The maximum absolute atomic E-state index is 12.9. The predicted molar refractivity (Wildman–Crippen MR) is 77.8 cm³/mol. The molecule has 100 valence electrons. The minimum Gasteiger partial charge on any atom is -0.373 e. The van der Waals surface area contributed by atoms with Crippen molar-refractivity contribution in [2.75, 3.05) is 18.5 Å². The van der Waals surface area contributed by atoms with Crippen LogP contribution in [0.5, 0.6) is 0 Å². The van der Waals surface area contributed by atoms with Crippen molar-refractivity contribution in [2.45, 2.75) is 13.0 Å². The Kier molecular flexibility index (Phi) is 4.17. The largest absolute Gasteiger partial charge is 0.373 e. The highest BCUT2D eigenvalue weighted by molar-refractivity contribution is 5.45. The van der Waals surface area contributed by atoms with Gasteiger partial charge in [0.15, 0.2) is 0 Å². The third-order valence-corrected chi connectivity index (χ3v) is 3.24. The van der Waals surface area contributed by atoms with Gasteiger partial charge in [-0.3, -0.25) is 0 Å². The van der Waals surface area contributed by atoms with Crippen LogP contribution in [0.25, 0.3) is 0 Å². The maximum atomic E-state index is 12.9. The normalized spacial score (nSPS) is 12.2. The second-order valence-corrected chi connectivity index (χ2v) is 4.87. The second kappa shape index (κ2) is 5.85. The topological polar surface area (TPSA) is 29.3 Å². The lowest BCUT2D eigenvalue weighted by Gasteiger charge is -2.23. The first-order valence-electron chi connectivity index (χ1n) is 6.35. The fourth-order valence-corrected chi connectivity index (χ4v) is 2.02. The van der Waals surface area contributed by atoms with Crippen molar-refractivity contribution in [3.63, 3.8) is 0 Å². The van der Waals surface area contributed by atoms with Gasteiger partial charge in [0.05, 0.1) is 0 Å². The molecular formula is C16H19FN2. The summed E-state index contributed by atoms with van der Waals surface area (Å²) in [4.78, 5) is 2.03. The van der Waals surface area contributed by atoms with E-state index >= 15 is 0 Å². The number of benzene rings is 2. The van der Waals surface area contributed by atoms with E-state index in [1.165, 1.54) is 17.7 Å². The molecule has 0 aliphatic rings. The zero-order valence-corrected chi connectivity index (χ0v) is 11.3. The fraction of sp³-hybridized carbons (Fsp3) is 0.250. The van der Waals surface area contributed by atoms with Gasteiger partial charge in [-0.25, -0.2) is 4.39 Å². The lowest BCUT2D eigenvalue weighted by Crippen LogP contribution is -2.28. The highest BCUT2D eigenvalue weighted by Gasteiger charge is 2.09. The van der Waals surface area contributed by atoms with Gasteiger partial charge in [-0.15, -0.1) is 0 Å². The molecule has 2 N–H and O–H groups in total. The van der Waals surface area contributed by atoms with Crippen LogP contribution in [0.2, 0.25) is 0 Å². The van der Waals surface area contributed by atoms with Crippen LogP contribution in [0.3, 0.4) is 0 Å². The van der Waals surface area contributed by atoms with Crippen molar-refractivity contribution in [3.05, 3.63) is 65.5 Å². The standard InChI is InChI=1S/C16H19FN2/c1-12-3-5-13(6-4-12)16(18)11-19(2)15-9-7-14(17)8-10-15/h3-10,16H,11,18H2,1-2H3. The second-order valence-electron chi connectivity index (χ2n) is 4.87. The Morgan fingerprint density at radius 3 is 2.21 bits per heavy atom. The zero-order chi connectivity index (χ0) is 13.8. The predicted octanol–water partition coefficient (Wildman–Crippen LogP) is 3.27. The molecule has 0 heterocycles. The summed E-state index contributed by atoms with van der Waals surface area (Å²) in [5.41, 5.74) is 9.50. The van der Waals surface area contributed by atoms with Gasteiger partial charge >= 0.3 is 0 Å². The summed E-state index contributed by atoms with van der Waals surface area (Å²) in [7, 11) is 1.96. The molecule has 0 saturated heterocycles. The number of anilines is 1. The van der Waals surface area contributed by atoms with Crippen LogP contribution in [-0.2, 0) is 0 Å². The van der Waals surface area contributed by atoms with Crippen molar-refractivity contribution in [3.8, 4) is 0 Å². The van der Waals surface area contributed by atoms with E-state index in [9.17, 15) is 4.39 Å². The number of hydrogen-bond acceptors (Lipinski definition) is 2. The van der Waals surface area contributed by atoms with Crippen molar-refractivity contribution in [2.24, 2.45) is 5.73 Å². The molecule has 2 rings (SSSR count). The van der Waals surface area contributed by atoms with Crippen molar-refractivity contribution < 1.29 is 4.39 Å². The molecule has 19 heavy (non-hydrogen) atoms. The minimum absolute atomic E-state index is 0.0596. The number of likely N-dealkylation sites (N-methyl/N-ethyl adjacent to an activating group) is 1. The van der Waals surface area contributed by atoms with Crippen LogP contribution in [0.15, 0.2) is 48.5 Å². The van der Waals surface area contributed by atoms with E-state index in [0.717, 1.165) is 11.3 Å². The summed E-state index contributed by atoms with van der Waals surface area (Å²) in [6.07, 6.45) is 0. The highest BCUT2D eigenvalue weighted by Crippen LogP contribution is 2.17. The summed E-state index contributed by atoms with van der Waals surface area (Å²) in [5.74, 6) is -0.222. The Hall–Kier alpha value is -1.87. The van der Waals surface area contributed by atoms with Gasteiger partial charge in [-0.05, 0) is 36.8 Å². The molecule has 0 fully saturated rings. The number of rotatable bonds is 4. The monoisotopic (exact) mass is 258 g/mol. The summed E-state index contributed by atoms with van der Waals surface area (Å²) >= 11 is 0. The minimum atomic E-state index is -0.222. The third kappa shape index (κ3) is 3.55. The molecule has 0 saturated carbocycles. The number of aryl methyl sites for hydroxylation is 1. The van der Waals surface area contributed by atoms with Crippen LogP contribution in [0.1, 0.15) is 17.2 Å². The molecule has 0 aromatic heterocycles. The molecular weight excluding hydrogens is 239 g/mol. The number of halogens is 1. The molecule has 2 aromatic carbocycles. The van der Waals surface area contributed by atoms with E-state index in [-0.39, 0.29) is 11.9 Å². The molecule has 1 atom stereocenters. The molecule has 0 aliphatic heterocycles. The van der Waals surface area contributed by atoms with Crippen molar-refractivity contribution in [1.82, 2.24) is 0 Å². The van der Waals surface area contributed by atoms with E-state index in [1.807, 2.05) is 11.9 Å². The van der Waals surface area contributed by atoms with Gasteiger partial charge in [0, 0.05) is 25.3 Å². The molecule has 2 aromatic rings. The summed E-state index contributed by atoms with van der Waals surface area (Å²) < 4.78 is 12.9. The maximum Gasteiger partial charge on any atom is 0.123 e. The van der Waals surface area contributed by atoms with Crippen LogP contribution in [0, 0.1) is 12.7 Å². The Labute approximate surface area is 113 Å². The third-order valence-electron chi connectivity index (χ3n) is 3.24. The first kappa shape index (κ1) is 13.6. The number of nitrogens with zero attached hydrogens (tertiary/aromatic N) is 1. The smallest absolute Gasteiger partial charge is 0.123 e. The Balaban J connectivity index is 2.03. The van der Waals surface area contributed by atoms with Gasteiger partial charge in [-0.1, -0.05) is 29.8 Å². The average molecular weight is 258 g/mol. The van der Waals surface area contributed by atoms with E-state index in [4.69, 9.17) is 5.73 Å². The SMILES string of the molecule is Cc1ccc(C(N)CN(C)c2ccc(F)cc2)cc1. The first-order chi connectivity index (χ1) is 9.06. The molecule has 0 spiro atoms. The van der Waals surface area contributed by atoms with Crippen LogP contribution in [-0.4, -0.2) is 13.6 Å². The van der Waals surface area contributed by atoms with Crippen LogP contribution in [0.4, 0.5) is 10.1 Å². The summed E-state index contributed by atoms with van der Waals surface area (Å²) in [6.45, 7) is 2.74. The Morgan fingerprint density at radius 1 is 1.05 bits per heavy atom. The van der Waals surface area contributed by atoms with E-state index in [1.54, 1.807) is 12.1 Å². The molecule has 0 radical (unpaired) electrons. The zero-order valence-electron chi connectivity index (χ0n) is 11.3. The number of nitrogens with two attached hydrogens (primary N) is 1. The van der Waals surface area contributed by atoms with Crippen molar-refractivity contribution >= 4 is 5.69 Å². The van der Waals surface area contributed by atoms with E-state index in [2.05, 4.69) is 31.2 Å². The van der Waals surface area contributed by atoms with Crippen LogP contribution < -0.4 is 10.6 Å². The Bertz CT molecular complexity index is 470. The quantitative estimate of drug-likeness (QED) is 0.912. The molecule has 1 unspecified atom stereocenters. The molecule has 0 aliphatic carbocycles. The number of hydrogen-bond donors (Lipinski definition) is 1. The van der Waals surface area contributed by atoms with Gasteiger partial charge in [0.1, 0.15) is 5.82 Å². The summed E-state index contributed by atoms with van der Waals surface area (Å²) in [6, 6.07) is 14.6. The van der Waals surface area contributed by atoms with E-state index in [0.29, 0.717) is 6.54 Å².